The van der Waals surface area contributed by atoms with E-state index in [1.807, 2.05) is 20.8 Å². The van der Waals surface area contributed by atoms with Crippen LogP contribution >= 0.6 is 0 Å². The largest absolute Gasteiger partial charge is 0.444 e. The van der Waals surface area contributed by atoms with Crippen molar-refractivity contribution in [3.63, 3.8) is 0 Å². The van der Waals surface area contributed by atoms with Crippen LogP contribution in [0.2, 0.25) is 0 Å². The third kappa shape index (κ3) is 2.66. The molecule has 0 unspecified atom stereocenters. The normalized spacial score (nSPS) is 15.7. The molecule has 0 spiro atoms. The van der Waals surface area contributed by atoms with Crippen molar-refractivity contribution in [3.8, 4) is 0 Å². The maximum Gasteiger partial charge on any atom is 0.410 e. The zero-order valence-electron chi connectivity index (χ0n) is 12.8. The molecule has 1 aliphatic rings. The minimum atomic E-state index is -0.519. The first kappa shape index (κ1) is 14.5. The second-order valence-electron chi connectivity index (χ2n) is 6.37. The monoisotopic (exact) mass is 302 g/mol. The average Bonchev–Trinajstić information content (AvgIpc) is 2.38. The van der Waals surface area contributed by atoms with E-state index in [-0.39, 0.29) is 17.7 Å². The van der Waals surface area contributed by atoms with Gasteiger partial charge in [-0.15, -0.1) is 0 Å². The highest BCUT2D eigenvalue weighted by atomic mass is 16.6. The molecule has 1 aliphatic heterocycles. The van der Waals surface area contributed by atoms with Crippen LogP contribution in [0.1, 0.15) is 26.8 Å². The molecule has 116 valence electrons. The van der Waals surface area contributed by atoms with Gasteiger partial charge in [-0.05, 0) is 32.9 Å². The number of likely N-dealkylation sites (tertiary alicyclic amines) is 1. The third-order valence-corrected chi connectivity index (χ3v) is 3.46. The summed E-state index contributed by atoms with van der Waals surface area (Å²) in [6, 6.07) is 3.35. The van der Waals surface area contributed by atoms with E-state index in [9.17, 15) is 9.59 Å². The molecule has 0 bridgehead atoms. The number of fused-ring (bicyclic) bond motifs is 1. The molecule has 2 aromatic rings. The van der Waals surface area contributed by atoms with Crippen LogP contribution in [0, 0.1) is 0 Å². The van der Waals surface area contributed by atoms with Crippen LogP contribution in [0.3, 0.4) is 0 Å². The van der Waals surface area contributed by atoms with Gasteiger partial charge in [0.25, 0.3) is 5.56 Å². The number of pyridine rings is 1. The minimum Gasteiger partial charge on any atom is -0.444 e. The van der Waals surface area contributed by atoms with Crippen molar-refractivity contribution in [2.75, 3.05) is 13.1 Å². The summed E-state index contributed by atoms with van der Waals surface area (Å²) in [5, 5.41) is 0.487. The molecule has 0 aliphatic carbocycles. The Morgan fingerprint density at radius 3 is 2.73 bits per heavy atom. The summed E-state index contributed by atoms with van der Waals surface area (Å²) >= 11 is 0. The van der Waals surface area contributed by atoms with Crippen molar-refractivity contribution >= 4 is 17.1 Å². The van der Waals surface area contributed by atoms with Crippen LogP contribution in [0.25, 0.3) is 11.0 Å². The SMILES string of the molecule is CC(C)(C)OC(=O)N1CC(n2cnc3ncccc3c2=O)C1. The van der Waals surface area contributed by atoms with E-state index in [0.29, 0.717) is 24.1 Å². The summed E-state index contributed by atoms with van der Waals surface area (Å²) in [6.45, 7) is 6.37. The molecule has 0 radical (unpaired) electrons. The van der Waals surface area contributed by atoms with Gasteiger partial charge in [-0.1, -0.05) is 0 Å². The predicted molar refractivity (Wildman–Crippen MR) is 80.6 cm³/mol. The van der Waals surface area contributed by atoms with Crippen LogP contribution < -0.4 is 5.56 Å². The Bertz CT molecular complexity index is 772. The topological polar surface area (TPSA) is 77.3 Å². The zero-order chi connectivity index (χ0) is 15.9. The van der Waals surface area contributed by atoms with E-state index < -0.39 is 5.60 Å². The number of carbonyl (C=O) groups excluding carboxylic acids is 1. The number of hydrogen-bond acceptors (Lipinski definition) is 5. The Morgan fingerprint density at radius 1 is 1.32 bits per heavy atom. The van der Waals surface area contributed by atoms with Gasteiger partial charge in [0.1, 0.15) is 11.9 Å². The molecule has 1 fully saturated rings. The van der Waals surface area contributed by atoms with E-state index in [1.165, 1.54) is 6.33 Å². The van der Waals surface area contributed by atoms with E-state index in [4.69, 9.17) is 4.74 Å². The van der Waals surface area contributed by atoms with Crippen molar-refractivity contribution in [2.24, 2.45) is 0 Å². The van der Waals surface area contributed by atoms with Crippen LogP contribution in [0.5, 0.6) is 0 Å². The first-order valence-corrected chi connectivity index (χ1v) is 7.15. The molecule has 0 aromatic carbocycles. The van der Waals surface area contributed by atoms with Gasteiger partial charge in [-0.2, -0.15) is 0 Å². The highest BCUT2D eigenvalue weighted by Crippen LogP contribution is 2.22. The molecule has 1 amide bonds. The molecular weight excluding hydrogens is 284 g/mol. The van der Waals surface area contributed by atoms with Gasteiger partial charge in [-0.3, -0.25) is 9.36 Å². The summed E-state index contributed by atoms with van der Waals surface area (Å²) in [7, 11) is 0. The highest BCUT2D eigenvalue weighted by Gasteiger charge is 2.35. The maximum atomic E-state index is 12.4. The molecule has 0 atom stereocenters. The van der Waals surface area contributed by atoms with Gasteiger partial charge >= 0.3 is 6.09 Å². The number of nitrogens with zero attached hydrogens (tertiary/aromatic N) is 4. The van der Waals surface area contributed by atoms with Gasteiger partial charge in [-0.25, -0.2) is 14.8 Å². The Morgan fingerprint density at radius 2 is 2.05 bits per heavy atom. The lowest BCUT2D eigenvalue weighted by Gasteiger charge is -2.40. The van der Waals surface area contributed by atoms with Gasteiger partial charge in [0, 0.05) is 19.3 Å². The molecule has 0 saturated carbocycles. The van der Waals surface area contributed by atoms with Gasteiger partial charge < -0.3 is 9.64 Å². The lowest BCUT2D eigenvalue weighted by molar-refractivity contribution is 0.000600. The Labute approximate surface area is 127 Å². The van der Waals surface area contributed by atoms with Crippen LogP contribution in [-0.4, -0.2) is 44.2 Å². The lowest BCUT2D eigenvalue weighted by atomic mass is 10.1. The molecule has 1 saturated heterocycles. The third-order valence-electron chi connectivity index (χ3n) is 3.46. The van der Waals surface area contributed by atoms with Crippen molar-refractivity contribution < 1.29 is 9.53 Å². The molecule has 7 heteroatoms. The maximum absolute atomic E-state index is 12.4. The first-order chi connectivity index (χ1) is 10.3. The molecule has 3 heterocycles. The fourth-order valence-electron chi connectivity index (χ4n) is 2.34. The molecule has 0 N–H and O–H groups in total. The number of ether oxygens (including phenoxy) is 1. The zero-order valence-corrected chi connectivity index (χ0v) is 12.8. The van der Waals surface area contributed by atoms with Gasteiger partial charge in [0.2, 0.25) is 0 Å². The standard InChI is InChI=1S/C15H18N4O3/c1-15(2,3)22-14(21)18-7-10(8-18)19-9-17-12-11(13(19)20)5-4-6-16-12/h4-6,9-10H,7-8H2,1-3H3. The Hall–Kier alpha value is -2.44. The molecular formula is C15H18N4O3. The van der Waals surface area contributed by atoms with Crippen LogP contribution in [0.4, 0.5) is 4.79 Å². The van der Waals surface area contributed by atoms with E-state index in [1.54, 1.807) is 27.8 Å². The number of rotatable bonds is 1. The average molecular weight is 302 g/mol. The summed E-state index contributed by atoms with van der Waals surface area (Å²) < 4.78 is 6.86. The van der Waals surface area contributed by atoms with E-state index in [0.717, 1.165) is 0 Å². The number of aromatic nitrogens is 3. The summed E-state index contributed by atoms with van der Waals surface area (Å²) in [5.74, 6) is 0. The van der Waals surface area contributed by atoms with Gasteiger partial charge in [0.05, 0.1) is 11.4 Å². The number of hydrogen-bond donors (Lipinski definition) is 0. The van der Waals surface area contributed by atoms with Crippen molar-refractivity contribution in [1.82, 2.24) is 19.4 Å². The molecule has 7 nitrogen and oxygen atoms in total. The van der Waals surface area contributed by atoms with E-state index in [2.05, 4.69) is 9.97 Å². The van der Waals surface area contributed by atoms with Crippen molar-refractivity contribution in [1.29, 1.82) is 0 Å². The van der Waals surface area contributed by atoms with E-state index >= 15 is 0 Å². The first-order valence-electron chi connectivity index (χ1n) is 7.15. The fraction of sp³-hybridized carbons (Fsp3) is 0.467. The van der Waals surface area contributed by atoms with Crippen LogP contribution in [0.15, 0.2) is 29.5 Å². The predicted octanol–water partition coefficient (Wildman–Crippen LogP) is 1.58. The number of amides is 1. The van der Waals surface area contributed by atoms with Crippen molar-refractivity contribution in [3.05, 3.63) is 35.0 Å². The Balaban J connectivity index is 1.75. The highest BCUT2D eigenvalue weighted by molar-refractivity contribution is 5.72. The number of carbonyl (C=O) groups is 1. The summed E-state index contributed by atoms with van der Waals surface area (Å²) in [4.78, 5) is 34.2. The lowest BCUT2D eigenvalue weighted by Crippen LogP contribution is -2.54. The molecule has 3 rings (SSSR count). The quantitative estimate of drug-likeness (QED) is 0.799. The molecule has 2 aromatic heterocycles. The minimum absolute atomic E-state index is 0.0721. The second-order valence-corrected chi connectivity index (χ2v) is 6.37. The smallest absolute Gasteiger partial charge is 0.410 e. The summed E-state index contributed by atoms with van der Waals surface area (Å²) in [5.41, 5.74) is -0.214. The molecule has 22 heavy (non-hydrogen) atoms. The van der Waals surface area contributed by atoms with Crippen molar-refractivity contribution in [2.45, 2.75) is 32.4 Å². The Kier molecular flexibility index (Phi) is 3.35. The van der Waals surface area contributed by atoms with Gasteiger partial charge in [0.15, 0.2) is 5.65 Å². The second kappa shape index (κ2) is 5.08. The fourth-order valence-corrected chi connectivity index (χ4v) is 2.34. The van der Waals surface area contributed by atoms with Crippen LogP contribution in [-0.2, 0) is 4.74 Å². The summed E-state index contributed by atoms with van der Waals surface area (Å²) in [6.07, 6.45) is 2.74.